The van der Waals surface area contributed by atoms with E-state index in [2.05, 4.69) is 34.0 Å². The van der Waals surface area contributed by atoms with Crippen molar-refractivity contribution in [3.8, 4) is 0 Å². The van der Waals surface area contributed by atoms with Crippen molar-refractivity contribution >= 4 is 40.6 Å². The third-order valence-corrected chi connectivity index (χ3v) is 4.01. The maximum absolute atomic E-state index is 12.3. The molecular weight excluding hydrogens is 347 g/mol. The maximum atomic E-state index is 12.3. The van der Waals surface area contributed by atoms with E-state index in [4.69, 9.17) is 23.2 Å². The Hall–Kier alpha value is -1.85. The van der Waals surface area contributed by atoms with Gasteiger partial charge in [-0.25, -0.2) is 9.97 Å². The number of amides is 1. The summed E-state index contributed by atoms with van der Waals surface area (Å²) in [5.41, 5.74) is 0.581. The first-order chi connectivity index (χ1) is 11.6. The van der Waals surface area contributed by atoms with Crippen LogP contribution in [-0.2, 0) is 0 Å². The van der Waals surface area contributed by atoms with Crippen LogP contribution in [-0.4, -0.2) is 29.0 Å². The van der Waals surface area contributed by atoms with E-state index in [1.807, 2.05) is 0 Å². The second-order valence-corrected chi connectivity index (χ2v) is 6.11. The van der Waals surface area contributed by atoms with Crippen molar-refractivity contribution in [2.75, 3.05) is 23.3 Å². The molecule has 1 aromatic carbocycles. The Morgan fingerprint density at radius 2 is 1.71 bits per heavy atom. The molecule has 0 spiro atoms. The van der Waals surface area contributed by atoms with Gasteiger partial charge in [-0.1, -0.05) is 43.1 Å². The third kappa shape index (κ3) is 4.58. The van der Waals surface area contributed by atoms with Crippen molar-refractivity contribution < 1.29 is 4.79 Å². The smallest absolute Gasteiger partial charge is 0.275 e. The molecule has 5 nitrogen and oxygen atoms in total. The predicted octanol–water partition coefficient (Wildman–Crippen LogP) is 4.66. The zero-order valence-corrected chi connectivity index (χ0v) is 15.2. The van der Waals surface area contributed by atoms with Crippen LogP contribution < -0.4 is 10.2 Å². The molecule has 1 aromatic heterocycles. The van der Waals surface area contributed by atoms with Crippen molar-refractivity contribution in [2.45, 2.75) is 26.7 Å². The minimum absolute atomic E-state index is 0.211. The minimum atomic E-state index is -0.401. The number of hydrogen-bond acceptors (Lipinski definition) is 4. The Labute approximate surface area is 152 Å². The molecule has 0 radical (unpaired) electrons. The number of nitrogens with zero attached hydrogens (tertiary/aromatic N) is 3. The van der Waals surface area contributed by atoms with Crippen LogP contribution in [0.4, 0.5) is 11.5 Å². The number of aromatic nitrogens is 2. The molecule has 0 aliphatic rings. The molecular formula is C17H20Cl2N4O. The zero-order valence-electron chi connectivity index (χ0n) is 13.7. The van der Waals surface area contributed by atoms with Gasteiger partial charge in [-0.15, -0.1) is 0 Å². The van der Waals surface area contributed by atoms with Crippen molar-refractivity contribution in [2.24, 2.45) is 0 Å². The Bertz CT molecular complexity index is 665. The van der Waals surface area contributed by atoms with E-state index in [0.717, 1.165) is 31.7 Å². The summed E-state index contributed by atoms with van der Waals surface area (Å²) in [7, 11) is 0. The van der Waals surface area contributed by atoms with E-state index < -0.39 is 5.91 Å². The fourth-order valence-corrected chi connectivity index (χ4v) is 2.77. The second-order valence-electron chi connectivity index (χ2n) is 5.30. The van der Waals surface area contributed by atoms with E-state index in [-0.39, 0.29) is 5.69 Å². The fraction of sp³-hybridized carbons (Fsp3) is 0.353. The Morgan fingerprint density at radius 3 is 2.21 bits per heavy atom. The van der Waals surface area contributed by atoms with Crippen LogP contribution in [0.1, 0.15) is 37.2 Å². The number of anilines is 2. The highest BCUT2D eigenvalue weighted by atomic mass is 35.5. The van der Waals surface area contributed by atoms with Gasteiger partial charge in [0.05, 0.1) is 28.1 Å². The summed E-state index contributed by atoms with van der Waals surface area (Å²) in [6.07, 6.45) is 5.13. The first-order valence-electron chi connectivity index (χ1n) is 7.89. The number of benzene rings is 1. The Balaban J connectivity index is 2.13. The standard InChI is InChI=1S/C17H20Cl2N4O/c1-3-8-23(9-4-2)15-11-20-14(10-21-15)17(24)22-16-12(18)6-5-7-13(16)19/h5-7,10-11H,3-4,8-9H2,1-2H3,(H,22,24). The van der Waals surface area contributed by atoms with Crippen molar-refractivity contribution in [1.82, 2.24) is 9.97 Å². The molecule has 0 aliphatic carbocycles. The highest BCUT2D eigenvalue weighted by molar-refractivity contribution is 6.39. The fourth-order valence-electron chi connectivity index (χ4n) is 2.28. The van der Waals surface area contributed by atoms with E-state index in [0.29, 0.717) is 15.7 Å². The van der Waals surface area contributed by atoms with Gasteiger partial charge >= 0.3 is 0 Å². The van der Waals surface area contributed by atoms with E-state index >= 15 is 0 Å². The molecule has 0 fully saturated rings. The second kappa shape index (κ2) is 8.85. The molecule has 0 aliphatic heterocycles. The molecule has 1 N–H and O–H groups in total. The molecule has 0 bridgehead atoms. The number of nitrogens with one attached hydrogen (secondary N) is 1. The first-order valence-corrected chi connectivity index (χ1v) is 8.64. The summed E-state index contributed by atoms with van der Waals surface area (Å²) in [5.74, 6) is 0.368. The first kappa shape index (κ1) is 18.5. The number of para-hydroxylation sites is 1. The van der Waals surface area contributed by atoms with Crippen molar-refractivity contribution in [3.63, 3.8) is 0 Å². The highest BCUT2D eigenvalue weighted by Crippen LogP contribution is 2.30. The maximum Gasteiger partial charge on any atom is 0.275 e. The average molecular weight is 367 g/mol. The molecule has 0 unspecified atom stereocenters. The van der Waals surface area contributed by atoms with Gasteiger partial charge in [-0.3, -0.25) is 4.79 Å². The van der Waals surface area contributed by atoms with Crippen LogP contribution in [0.2, 0.25) is 10.0 Å². The molecule has 2 aromatic rings. The normalized spacial score (nSPS) is 10.5. The van der Waals surface area contributed by atoms with E-state index in [1.54, 1.807) is 24.4 Å². The van der Waals surface area contributed by atoms with Gasteiger partial charge in [0.25, 0.3) is 5.91 Å². The molecule has 7 heteroatoms. The van der Waals surface area contributed by atoms with E-state index in [1.165, 1.54) is 6.20 Å². The molecule has 2 rings (SSSR count). The molecule has 0 saturated carbocycles. The monoisotopic (exact) mass is 366 g/mol. The summed E-state index contributed by atoms with van der Waals surface area (Å²) in [6.45, 7) is 6.04. The van der Waals surface area contributed by atoms with E-state index in [9.17, 15) is 4.79 Å². The molecule has 128 valence electrons. The topological polar surface area (TPSA) is 58.1 Å². The molecule has 1 heterocycles. The van der Waals surface area contributed by atoms with Gasteiger partial charge in [0.1, 0.15) is 11.5 Å². The summed E-state index contributed by atoms with van der Waals surface area (Å²) in [4.78, 5) is 23.0. The number of halogens is 2. The number of hydrogen-bond donors (Lipinski definition) is 1. The Morgan fingerprint density at radius 1 is 1.08 bits per heavy atom. The van der Waals surface area contributed by atoms with Crippen LogP contribution in [0.25, 0.3) is 0 Å². The summed E-state index contributed by atoms with van der Waals surface area (Å²) in [5, 5.41) is 3.42. The third-order valence-electron chi connectivity index (χ3n) is 3.38. The SMILES string of the molecule is CCCN(CCC)c1cnc(C(=O)Nc2c(Cl)cccc2Cl)cn1. The Kier molecular flexibility index (Phi) is 6.82. The number of carbonyl (C=O) groups is 1. The summed E-state index contributed by atoms with van der Waals surface area (Å²) in [6, 6.07) is 5.03. The van der Waals surface area contributed by atoms with Gasteiger partial charge in [-0.05, 0) is 25.0 Å². The lowest BCUT2D eigenvalue weighted by Gasteiger charge is -2.22. The largest absolute Gasteiger partial charge is 0.355 e. The van der Waals surface area contributed by atoms with Gasteiger partial charge in [0, 0.05) is 13.1 Å². The predicted molar refractivity (Wildman–Crippen MR) is 99.2 cm³/mol. The zero-order chi connectivity index (χ0) is 17.5. The number of carbonyl (C=O) groups excluding carboxylic acids is 1. The molecule has 1 amide bonds. The minimum Gasteiger partial charge on any atom is -0.355 e. The highest BCUT2D eigenvalue weighted by Gasteiger charge is 2.14. The van der Waals surface area contributed by atoms with Crippen molar-refractivity contribution in [3.05, 3.63) is 46.3 Å². The van der Waals surface area contributed by atoms with Gasteiger partial charge in [0.15, 0.2) is 0 Å². The molecule has 0 atom stereocenters. The van der Waals surface area contributed by atoms with Gasteiger partial charge in [0.2, 0.25) is 0 Å². The summed E-state index contributed by atoms with van der Waals surface area (Å²) < 4.78 is 0. The lowest BCUT2D eigenvalue weighted by molar-refractivity contribution is 0.102. The molecule has 24 heavy (non-hydrogen) atoms. The van der Waals surface area contributed by atoms with Crippen LogP contribution in [0.15, 0.2) is 30.6 Å². The lowest BCUT2D eigenvalue weighted by Crippen LogP contribution is -2.26. The van der Waals surface area contributed by atoms with Crippen LogP contribution >= 0.6 is 23.2 Å². The number of rotatable bonds is 7. The van der Waals surface area contributed by atoms with Gasteiger partial charge < -0.3 is 10.2 Å². The average Bonchev–Trinajstić information content (AvgIpc) is 2.58. The van der Waals surface area contributed by atoms with Gasteiger partial charge in [-0.2, -0.15) is 0 Å². The molecule has 0 saturated heterocycles. The summed E-state index contributed by atoms with van der Waals surface area (Å²) >= 11 is 12.1. The van der Waals surface area contributed by atoms with Crippen LogP contribution in [0.3, 0.4) is 0 Å². The quantitative estimate of drug-likeness (QED) is 0.773. The van der Waals surface area contributed by atoms with Crippen LogP contribution in [0.5, 0.6) is 0 Å². The van der Waals surface area contributed by atoms with Crippen molar-refractivity contribution in [1.29, 1.82) is 0 Å². The lowest BCUT2D eigenvalue weighted by atomic mass is 10.3. The van der Waals surface area contributed by atoms with Crippen LogP contribution in [0, 0.1) is 0 Å².